The van der Waals surface area contributed by atoms with Crippen LogP contribution in [0.1, 0.15) is 74.2 Å². The third-order valence-corrected chi connectivity index (χ3v) is 16.7. The minimum absolute atomic E-state index is 0. The Hall–Kier alpha value is -7.77. The summed E-state index contributed by atoms with van der Waals surface area (Å²) >= 11 is 0. The zero-order valence-corrected chi connectivity index (χ0v) is 55.3. The van der Waals surface area contributed by atoms with Gasteiger partial charge in [-0.25, -0.2) is 25.3 Å². The number of nitrogens with zero attached hydrogens (tertiary/aromatic N) is 8. The number of sulfone groups is 3. The monoisotopic (exact) mass is 1320 g/mol. The van der Waals surface area contributed by atoms with Gasteiger partial charge < -0.3 is 39.9 Å². The molecule has 0 aliphatic heterocycles. The van der Waals surface area contributed by atoms with E-state index in [2.05, 4.69) is 20.3 Å². The third kappa shape index (κ3) is 23.7. The number of carbonyl (C=O) groups excluding carboxylic acids is 2. The number of likely N-dealkylation sites (N-methyl/N-ethyl adjacent to an activating group) is 2. The van der Waals surface area contributed by atoms with Gasteiger partial charge in [-0.3, -0.25) is 28.4 Å². The van der Waals surface area contributed by atoms with Gasteiger partial charge in [-0.2, -0.15) is 15.3 Å². The van der Waals surface area contributed by atoms with Crippen LogP contribution in [-0.4, -0.2) is 183 Å². The molecule has 23 nitrogen and oxygen atoms in total. The number of esters is 2. The number of aliphatic hydroxyl groups is 1. The molecule has 0 fully saturated rings. The largest absolute Gasteiger partial charge is 1.00 e. The molecule has 0 atom stereocenters. The maximum atomic E-state index is 12.2. The van der Waals surface area contributed by atoms with Gasteiger partial charge in [0.05, 0.1) is 67.8 Å². The van der Waals surface area contributed by atoms with Gasteiger partial charge in [0.2, 0.25) is 0 Å². The smallest absolute Gasteiger partial charge is 0.870 e. The number of hydrogen-bond acceptors (Lipinski definition) is 18. The molecule has 4 heterocycles. The SMILES string of the molecule is C.C.CCOC(=O)Cn1nc(C)cc1C1=CC=C(c2cccc(S(C)(=O)=O)c2)C1.CN(C)CCO.Cc1cc(-c2ccc(-c3cccc(S(C)(=O)=O)c3)[nH]2)n(CC(=O)OCCN(C)C)n1.Cc1cc(C2=CC=C(c3cccc(S(C)(=O)=O)c3)C2)n(CC(=O)O)n1.[Li+].[OH-]. The summed E-state index contributed by atoms with van der Waals surface area (Å²) in [5.41, 5.74) is 12.8. The second kappa shape index (κ2) is 35.9. The molecule has 27 heteroatoms. The van der Waals surface area contributed by atoms with Crippen molar-refractivity contribution in [3.8, 4) is 22.6 Å². The average Bonchev–Trinajstić information content (AvgIpc) is 1.84. The van der Waals surface area contributed by atoms with E-state index >= 15 is 0 Å². The number of aryl methyl sites for hydroxylation is 3. The van der Waals surface area contributed by atoms with Crippen LogP contribution < -0.4 is 18.9 Å². The second-order valence-corrected chi connectivity index (χ2v) is 27.6. The van der Waals surface area contributed by atoms with Crippen LogP contribution in [0.15, 0.2) is 142 Å². The van der Waals surface area contributed by atoms with Crippen LogP contribution in [0.5, 0.6) is 0 Å². The number of aromatic amines is 1. The number of H-pyrrole nitrogens is 1. The summed E-state index contributed by atoms with van der Waals surface area (Å²) in [5, 5.41) is 30.3. The molecule has 0 unspecified atom stereocenters. The van der Waals surface area contributed by atoms with Crippen molar-refractivity contribution in [2.24, 2.45) is 0 Å². The van der Waals surface area contributed by atoms with Crippen molar-refractivity contribution in [1.82, 2.24) is 44.1 Å². The number of carboxylic acids is 1. The Balaban J connectivity index is 0.000000441. The maximum absolute atomic E-state index is 12.2. The number of aliphatic carboxylic acids is 1. The Labute approximate surface area is 553 Å². The average molecular weight is 1320 g/mol. The molecule has 7 aromatic rings. The first-order chi connectivity index (χ1) is 41.4. The Morgan fingerprint density at radius 2 is 0.902 bits per heavy atom. The number of hydrogen-bond donors (Lipinski definition) is 3. The summed E-state index contributed by atoms with van der Waals surface area (Å²) in [6.07, 6.45) is 12.6. The molecule has 0 bridgehead atoms. The molecule has 0 saturated carbocycles. The molecule has 0 amide bonds. The normalized spacial score (nSPS) is 12.5. The summed E-state index contributed by atoms with van der Waals surface area (Å²) in [4.78, 5) is 43.0. The van der Waals surface area contributed by atoms with E-state index < -0.39 is 35.5 Å². The van der Waals surface area contributed by atoms with E-state index in [1.54, 1.807) is 70.9 Å². The Kier molecular flexibility index (Phi) is 31.3. The molecule has 4 N–H and O–H groups in total. The van der Waals surface area contributed by atoms with Crippen molar-refractivity contribution < 1.29 is 83.7 Å². The van der Waals surface area contributed by atoms with Gasteiger partial charge in [0, 0.05) is 50.4 Å². The van der Waals surface area contributed by atoms with Crippen molar-refractivity contribution in [2.45, 2.75) is 89.7 Å². The van der Waals surface area contributed by atoms with Crippen LogP contribution in [0, 0.1) is 20.8 Å². The van der Waals surface area contributed by atoms with E-state index in [0.717, 1.165) is 91.1 Å². The van der Waals surface area contributed by atoms with Crippen LogP contribution >= 0.6 is 0 Å². The van der Waals surface area contributed by atoms with Crippen LogP contribution in [0.25, 0.3) is 44.9 Å². The number of rotatable bonds is 21. The molecular formula is C65H86LiN9O14S3. The molecule has 0 saturated heterocycles. The fourth-order valence-electron chi connectivity index (χ4n) is 9.16. The maximum Gasteiger partial charge on any atom is 1.00 e. The second-order valence-electron chi connectivity index (χ2n) is 21.5. The van der Waals surface area contributed by atoms with Crippen LogP contribution in [0.3, 0.4) is 0 Å². The number of aliphatic hydroxyl groups excluding tert-OH is 1. The Bertz CT molecular complexity index is 4140. The molecule has 92 heavy (non-hydrogen) atoms. The van der Waals surface area contributed by atoms with E-state index in [9.17, 15) is 39.6 Å². The summed E-state index contributed by atoms with van der Waals surface area (Å²) in [6, 6.07) is 30.0. The number of aromatic nitrogens is 7. The summed E-state index contributed by atoms with van der Waals surface area (Å²) < 4.78 is 85.8. The minimum atomic E-state index is -3.29. The van der Waals surface area contributed by atoms with Crippen molar-refractivity contribution in [3.63, 3.8) is 0 Å². The molecular weight excluding hydrogens is 1230 g/mol. The van der Waals surface area contributed by atoms with Gasteiger partial charge in [0.25, 0.3) is 0 Å². The Morgan fingerprint density at radius 3 is 1.29 bits per heavy atom. The van der Waals surface area contributed by atoms with Gasteiger partial charge >= 0.3 is 36.8 Å². The fraction of sp³-hybridized carbons (Fsp3) is 0.354. The Morgan fingerprint density at radius 1 is 0.533 bits per heavy atom. The van der Waals surface area contributed by atoms with Crippen molar-refractivity contribution in [3.05, 3.63) is 167 Å². The summed E-state index contributed by atoms with van der Waals surface area (Å²) in [7, 11) is -2.12. The third-order valence-electron chi connectivity index (χ3n) is 13.4. The van der Waals surface area contributed by atoms with Gasteiger partial charge in [-0.1, -0.05) is 75.6 Å². The zero-order chi connectivity index (χ0) is 64.7. The topological polar surface area (TPSA) is 318 Å². The minimum Gasteiger partial charge on any atom is -0.870 e. The molecule has 2 aliphatic carbocycles. The number of carboxylic acid groups (broad SMARTS) is 1. The molecule has 9 rings (SSSR count). The molecule has 0 radical (unpaired) electrons. The number of nitrogens with one attached hydrogen (secondary N) is 1. The van der Waals surface area contributed by atoms with E-state index in [0.29, 0.717) is 37.5 Å². The van der Waals surface area contributed by atoms with E-state index in [1.165, 1.54) is 23.4 Å². The van der Waals surface area contributed by atoms with E-state index in [-0.39, 0.29) is 87.2 Å². The van der Waals surface area contributed by atoms with Gasteiger partial charge in [0.15, 0.2) is 29.5 Å². The quantitative estimate of drug-likeness (QED) is 0.0584. The van der Waals surface area contributed by atoms with Gasteiger partial charge in [-0.15, -0.1) is 0 Å². The van der Waals surface area contributed by atoms with Gasteiger partial charge in [-0.05, 0) is 162 Å². The first kappa shape index (κ1) is 80.3. The van der Waals surface area contributed by atoms with E-state index in [4.69, 9.17) is 19.7 Å². The van der Waals surface area contributed by atoms with Crippen molar-refractivity contribution >= 4 is 69.7 Å². The molecule has 4 aromatic heterocycles. The number of allylic oxidation sites excluding steroid dienone is 8. The van der Waals surface area contributed by atoms with Crippen molar-refractivity contribution in [1.29, 1.82) is 0 Å². The molecule has 494 valence electrons. The van der Waals surface area contributed by atoms with Crippen LogP contribution in [0.4, 0.5) is 0 Å². The molecule has 0 spiro atoms. The summed E-state index contributed by atoms with van der Waals surface area (Å²) in [5.74, 6) is -1.62. The number of benzene rings is 3. The van der Waals surface area contributed by atoms with Crippen molar-refractivity contribution in [2.75, 3.05) is 79.9 Å². The predicted octanol–water partition coefficient (Wildman–Crippen LogP) is 5.58. The standard InChI is InChI=1S/C21H26N4O4S.C20H22N2O4S.C18H18N2O4S.C4H11NO.2CH4.Li.H2O/c1-15-12-20(25(23-15)14-21(26)29-11-10-24(2)3)19-9-8-18(22-19)16-6-5-7-17(13-16)30(4,27)28;1-4-26-20(23)13-22-19(10-14(2)21-22)17-9-8-16(11-17)15-6-5-7-18(12-15)27(3,24)25;1-12-8-17(20(19-12)11-18(21)22)15-7-6-14(9-15)13-4-3-5-16(10-13)25(2,23)24;1-5(2)3-4-6;;;;/h5-9,12-13,22H,10-11,14H2,1-4H3;5-10,12H,4,11,13H2,1-3H3;3-8,10H,9,11H2,1-2H3,(H,21,22);6H,3-4H2,1-2H3;2*1H4;;1H2/q;;;;;;+1;/p-1. The van der Waals surface area contributed by atoms with Gasteiger partial charge in [0.1, 0.15) is 26.2 Å². The number of ether oxygens (including phenoxy) is 2. The molecule has 2 aliphatic rings. The molecule has 3 aromatic carbocycles. The number of carbonyl (C=O) groups is 3. The van der Waals surface area contributed by atoms with Crippen LogP contribution in [-0.2, 0) is 73.0 Å². The summed E-state index contributed by atoms with van der Waals surface area (Å²) in [6.45, 7) is 9.54. The zero-order valence-electron chi connectivity index (χ0n) is 52.8. The fourth-order valence-corrected chi connectivity index (χ4v) is 11.2. The predicted molar refractivity (Wildman–Crippen MR) is 354 cm³/mol. The van der Waals surface area contributed by atoms with Crippen LogP contribution in [0.2, 0.25) is 0 Å². The first-order valence-corrected chi connectivity index (χ1v) is 33.6. The first-order valence-electron chi connectivity index (χ1n) is 27.9. The van der Waals surface area contributed by atoms with E-state index in [1.807, 2.05) is 132 Å².